The molecule has 0 aliphatic heterocycles. The second-order valence-corrected chi connectivity index (χ2v) is 18.4. The number of aliphatic carboxylic acids is 1. The molecule has 0 bridgehead atoms. The molecular formula is C32H47NO5Si. The standard InChI is InChI=1S/C32H47NO5Si/c1-23(2)22-39(31(3,4)5,32(6,7)8)38-30(37)33-27(20-25-17-13-10-14-18-25)28(34)21-26(29(35)36)19-24-15-11-9-12-16-24/h9-18,23,26-27H,19-22H2,1-8H3,(H,33,37)(H,35,36)/t26-,27+/m1/s1. The van der Waals surface area contributed by atoms with E-state index in [0.717, 1.165) is 17.2 Å². The van der Waals surface area contributed by atoms with Crippen LogP contribution in [0.15, 0.2) is 60.7 Å². The van der Waals surface area contributed by atoms with Crippen LogP contribution in [0.4, 0.5) is 4.79 Å². The normalized spacial score (nSPS) is 14.0. The molecule has 0 aromatic heterocycles. The molecule has 0 spiro atoms. The Bertz CT molecular complexity index is 1070. The number of benzene rings is 2. The largest absolute Gasteiger partial charge is 0.502 e. The lowest BCUT2D eigenvalue weighted by Gasteiger charge is -2.50. The molecule has 214 valence electrons. The summed E-state index contributed by atoms with van der Waals surface area (Å²) in [5.74, 6) is -1.91. The predicted molar refractivity (Wildman–Crippen MR) is 159 cm³/mol. The molecule has 0 radical (unpaired) electrons. The van der Waals surface area contributed by atoms with E-state index in [0.29, 0.717) is 5.92 Å². The van der Waals surface area contributed by atoms with Gasteiger partial charge < -0.3 is 14.8 Å². The Balaban J connectivity index is 2.35. The van der Waals surface area contributed by atoms with Crippen molar-refractivity contribution >= 4 is 26.2 Å². The van der Waals surface area contributed by atoms with Gasteiger partial charge in [0.05, 0.1) is 12.0 Å². The minimum Gasteiger partial charge on any atom is -0.502 e. The first-order chi connectivity index (χ1) is 18.1. The molecule has 2 atom stereocenters. The second kappa shape index (κ2) is 13.4. The summed E-state index contributed by atoms with van der Waals surface area (Å²) in [6, 6.07) is 18.6. The van der Waals surface area contributed by atoms with Crippen LogP contribution in [-0.4, -0.2) is 37.3 Å². The summed E-state index contributed by atoms with van der Waals surface area (Å²) in [4.78, 5) is 39.3. The van der Waals surface area contributed by atoms with E-state index in [9.17, 15) is 19.5 Å². The molecule has 0 unspecified atom stereocenters. The highest BCUT2D eigenvalue weighted by molar-refractivity contribution is 6.80. The van der Waals surface area contributed by atoms with E-state index >= 15 is 0 Å². The summed E-state index contributed by atoms with van der Waals surface area (Å²) in [5, 5.41) is 12.3. The molecule has 0 aliphatic carbocycles. The van der Waals surface area contributed by atoms with Crippen LogP contribution in [0.1, 0.15) is 72.9 Å². The molecule has 0 saturated carbocycles. The predicted octanol–water partition coefficient (Wildman–Crippen LogP) is 7.43. The lowest BCUT2D eigenvalue weighted by molar-refractivity contribution is -0.143. The van der Waals surface area contributed by atoms with Gasteiger partial charge in [-0.2, -0.15) is 0 Å². The third-order valence-corrected chi connectivity index (χ3v) is 14.2. The van der Waals surface area contributed by atoms with Gasteiger partial charge in [0.25, 0.3) is 8.32 Å². The molecule has 1 amide bonds. The van der Waals surface area contributed by atoms with Gasteiger partial charge in [0.15, 0.2) is 5.78 Å². The SMILES string of the molecule is CC(C)C[Si](OC(=O)N[C@@H](Cc1ccccc1)C(=O)C[C@@H](Cc1ccccc1)C(=O)O)(C(C)(C)C)C(C)(C)C. The highest BCUT2D eigenvalue weighted by Gasteiger charge is 2.58. The molecule has 0 saturated heterocycles. The van der Waals surface area contributed by atoms with E-state index in [2.05, 4.69) is 60.7 Å². The molecule has 39 heavy (non-hydrogen) atoms. The maximum Gasteiger partial charge on any atom is 0.394 e. The highest BCUT2D eigenvalue weighted by atomic mass is 28.4. The van der Waals surface area contributed by atoms with Gasteiger partial charge in [0.2, 0.25) is 0 Å². The minimum atomic E-state index is -2.74. The van der Waals surface area contributed by atoms with Crippen LogP contribution in [0.2, 0.25) is 16.1 Å². The number of carbonyl (C=O) groups excluding carboxylic acids is 2. The van der Waals surface area contributed by atoms with E-state index < -0.39 is 32.3 Å². The highest BCUT2D eigenvalue weighted by Crippen LogP contribution is 2.55. The van der Waals surface area contributed by atoms with Crippen LogP contribution in [0.3, 0.4) is 0 Å². The second-order valence-electron chi connectivity index (χ2n) is 13.1. The van der Waals surface area contributed by atoms with Crippen molar-refractivity contribution in [2.75, 3.05) is 0 Å². The fourth-order valence-corrected chi connectivity index (χ4v) is 11.3. The van der Waals surface area contributed by atoms with Crippen molar-refractivity contribution < 1.29 is 23.9 Å². The van der Waals surface area contributed by atoms with E-state index in [1.54, 1.807) is 0 Å². The van der Waals surface area contributed by atoms with Crippen molar-refractivity contribution in [3.8, 4) is 0 Å². The Kier molecular flexibility index (Phi) is 11.1. The molecule has 2 aromatic carbocycles. The zero-order valence-corrected chi connectivity index (χ0v) is 25.9. The van der Waals surface area contributed by atoms with E-state index in [1.807, 2.05) is 60.7 Å². The van der Waals surface area contributed by atoms with Crippen LogP contribution in [0.5, 0.6) is 0 Å². The van der Waals surface area contributed by atoms with Crippen molar-refractivity contribution in [2.45, 2.75) is 96.8 Å². The number of hydrogen-bond donors (Lipinski definition) is 2. The summed E-state index contributed by atoms with van der Waals surface area (Å²) < 4.78 is 6.46. The smallest absolute Gasteiger partial charge is 0.394 e. The van der Waals surface area contributed by atoms with Crippen molar-refractivity contribution in [1.82, 2.24) is 5.32 Å². The number of rotatable bonds is 12. The number of carbonyl (C=O) groups is 3. The Morgan fingerprint density at radius 1 is 0.821 bits per heavy atom. The number of ketones is 1. The van der Waals surface area contributed by atoms with Crippen molar-refractivity contribution in [3.63, 3.8) is 0 Å². The first-order valence-electron chi connectivity index (χ1n) is 13.9. The summed E-state index contributed by atoms with van der Waals surface area (Å²) >= 11 is 0. The van der Waals surface area contributed by atoms with Crippen LogP contribution < -0.4 is 5.32 Å². The van der Waals surface area contributed by atoms with Gasteiger partial charge in [0.1, 0.15) is 0 Å². The van der Waals surface area contributed by atoms with E-state index in [1.165, 1.54) is 0 Å². The fraction of sp³-hybridized carbons (Fsp3) is 0.531. The van der Waals surface area contributed by atoms with Crippen LogP contribution in [0, 0.1) is 11.8 Å². The van der Waals surface area contributed by atoms with Gasteiger partial charge in [-0.1, -0.05) is 116 Å². The van der Waals surface area contributed by atoms with E-state index in [4.69, 9.17) is 4.43 Å². The van der Waals surface area contributed by atoms with Gasteiger partial charge in [-0.15, -0.1) is 0 Å². The van der Waals surface area contributed by atoms with Crippen LogP contribution in [0.25, 0.3) is 0 Å². The first kappa shape index (κ1) is 32.3. The Morgan fingerprint density at radius 3 is 1.69 bits per heavy atom. The molecule has 2 rings (SSSR count). The Hall–Kier alpha value is -2.93. The Labute approximate surface area is 235 Å². The number of carboxylic acid groups (broad SMARTS) is 1. The van der Waals surface area contributed by atoms with Gasteiger partial charge in [-0.05, 0) is 46.0 Å². The minimum absolute atomic E-state index is 0.185. The summed E-state index contributed by atoms with van der Waals surface area (Å²) in [6.45, 7) is 17.1. The van der Waals surface area contributed by atoms with Gasteiger partial charge in [0, 0.05) is 6.42 Å². The average Bonchev–Trinajstić information content (AvgIpc) is 2.82. The molecule has 2 aromatic rings. The molecule has 6 nitrogen and oxygen atoms in total. The lowest BCUT2D eigenvalue weighted by Crippen LogP contribution is -2.58. The van der Waals surface area contributed by atoms with E-state index in [-0.39, 0.29) is 35.1 Å². The zero-order valence-electron chi connectivity index (χ0n) is 24.9. The number of carboxylic acids is 1. The maximum absolute atomic E-state index is 13.6. The van der Waals surface area contributed by atoms with Crippen molar-refractivity contribution in [3.05, 3.63) is 71.8 Å². The molecule has 0 heterocycles. The maximum atomic E-state index is 13.6. The number of hydrogen-bond acceptors (Lipinski definition) is 4. The summed E-state index contributed by atoms with van der Waals surface area (Å²) in [5.41, 5.74) is 1.73. The quantitative estimate of drug-likeness (QED) is 0.267. The van der Waals surface area contributed by atoms with Gasteiger partial charge in [-0.25, -0.2) is 4.79 Å². The summed E-state index contributed by atoms with van der Waals surface area (Å²) in [6.07, 6.45) is -0.287. The monoisotopic (exact) mass is 553 g/mol. The zero-order chi connectivity index (χ0) is 29.4. The molecule has 2 N–H and O–H groups in total. The number of amides is 1. The van der Waals surface area contributed by atoms with Gasteiger partial charge >= 0.3 is 12.1 Å². The van der Waals surface area contributed by atoms with Crippen LogP contribution in [-0.2, 0) is 26.9 Å². The Morgan fingerprint density at radius 2 is 1.28 bits per heavy atom. The number of nitrogens with one attached hydrogen (secondary N) is 1. The third kappa shape index (κ3) is 9.06. The van der Waals surface area contributed by atoms with Gasteiger partial charge in [-0.3, -0.25) is 9.59 Å². The first-order valence-corrected chi connectivity index (χ1v) is 16.0. The molecule has 0 aliphatic rings. The third-order valence-electron chi connectivity index (χ3n) is 7.47. The average molecular weight is 554 g/mol. The molecule has 7 heteroatoms. The molecular weight excluding hydrogens is 506 g/mol. The van der Waals surface area contributed by atoms with Crippen molar-refractivity contribution in [2.24, 2.45) is 11.8 Å². The summed E-state index contributed by atoms with van der Waals surface area (Å²) in [7, 11) is -2.74. The molecule has 0 fully saturated rings. The van der Waals surface area contributed by atoms with Crippen molar-refractivity contribution in [1.29, 1.82) is 0 Å². The fourth-order valence-electron chi connectivity index (χ4n) is 5.62. The van der Waals surface area contributed by atoms with Crippen LogP contribution >= 0.6 is 0 Å². The lowest BCUT2D eigenvalue weighted by atomic mass is 9.90. The number of Topliss-reactive ketones (excluding diaryl/α,β-unsaturated/α-hetero) is 1. The topological polar surface area (TPSA) is 92.7 Å².